The zero-order chi connectivity index (χ0) is 14.8. The normalized spacial score (nSPS) is 21.7. The van der Waals surface area contributed by atoms with Gasteiger partial charge in [-0.1, -0.05) is 6.07 Å². The van der Waals surface area contributed by atoms with Gasteiger partial charge >= 0.3 is 6.09 Å². The van der Waals surface area contributed by atoms with E-state index in [1.807, 2.05) is 20.8 Å². The second-order valence-corrected chi connectivity index (χ2v) is 7.30. The van der Waals surface area contributed by atoms with E-state index in [4.69, 9.17) is 4.74 Å². The van der Waals surface area contributed by atoms with Gasteiger partial charge in [0.15, 0.2) is 0 Å². The average molecular weight is 296 g/mol. The van der Waals surface area contributed by atoms with Crippen LogP contribution in [-0.2, 0) is 4.74 Å². The first-order valence-electron chi connectivity index (χ1n) is 7.12. The van der Waals surface area contributed by atoms with Crippen LogP contribution in [-0.4, -0.2) is 35.7 Å². The SMILES string of the molecule is CC(c1cccs1)N1CC[C@@H](NC(=O)OC(C)(C)C)C1. The van der Waals surface area contributed by atoms with Crippen LogP contribution in [0.3, 0.4) is 0 Å². The van der Waals surface area contributed by atoms with Crippen LogP contribution in [0, 0.1) is 0 Å². The van der Waals surface area contributed by atoms with Gasteiger partial charge in [0.05, 0.1) is 0 Å². The third-order valence-electron chi connectivity index (χ3n) is 3.44. The monoisotopic (exact) mass is 296 g/mol. The summed E-state index contributed by atoms with van der Waals surface area (Å²) in [7, 11) is 0. The molecule has 0 radical (unpaired) electrons. The molecule has 4 nitrogen and oxygen atoms in total. The molecule has 1 unspecified atom stereocenters. The Morgan fingerprint density at radius 3 is 2.90 bits per heavy atom. The fourth-order valence-electron chi connectivity index (χ4n) is 2.44. The van der Waals surface area contributed by atoms with E-state index in [-0.39, 0.29) is 12.1 Å². The smallest absolute Gasteiger partial charge is 0.407 e. The fourth-order valence-corrected chi connectivity index (χ4v) is 3.26. The summed E-state index contributed by atoms with van der Waals surface area (Å²) in [6, 6.07) is 4.86. The van der Waals surface area contributed by atoms with Crippen molar-refractivity contribution in [2.75, 3.05) is 13.1 Å². The Morgan fingerprint density at radius 2 is 2.30 bits per heavy atom. The third kappa shape index (κ3) is 4.21. The maximum atomic E-state index is 11.8. The van der Waals surface area contributed by atoms with E-state index in [9.17, 15) is 4.79 Å². The van der Waals surface area contributed by atoms with Gasteiger partial charge in [0.1, 0.15) is 5.60 Å². The van der Waals surface area contributed by atoms with Crippen LogP contribution in [0.4, 0.5) is 4.79 Å². The zero-order valence-corrected chi connectivity index (χ0v) is 13.5. The highest BCUT2D eigenvalue weighted by molar-refractivity contribution is 7.10. The lowest BCUT2D eigenvalue weighted by atomic mass is 10.2. The van der Waals surface area contributed by atoms with E-state index >= 15 is 0 Å². The number of carbonyl (C=O) groups excluding carboxylic acids is 1. The molecule has 1 amide bonds. The van der Waals surface area contributed by atoms with Gasteiger partial charge in [-0.15, -0.1) is 11.3 Å². The predicted molar refractivity (Wildman–Crippen MR) is 82.1 cm³/mol. The van der Waals surface area contributed by atoms with Crippen molar-refractivity contribution in [3.8, 4) is 0 Å². The highest BCUT2D eigenvalue weighted by atomic mass is 32.1. The fraction of sp³-hybridized carbons (Fsp3) is 0.667. The Hall–Kier alpha value is -1.07. The molecule has 0 saturated carbocycles. The van der Waals surface area contributed by atoms with Crippen molar-refractivity contribution in [3.05, 3.63) is 22.4 Å². The van der Waals surface area contributed by atoms with Gasteiger partial charge < -0.3 is 10.1 Å². The maximum Gasteiger partial charge on any atom is 0.407 e. The highest BCUT2D eigenvalue weighted by Crippen LogP contribution is 2.27. The summed E-state index contributed by atoms with van der Waals surface area (Å²) in [6.07, 6.45) is 0.669. The molecule has 2 atom stereocenters. The molecule has 2 heterocycles. The maximum absolute atomic E-state index is 11.8. The minimum absolute atomic E-state index is 0.187. The number of amides is 1. The first-order valence-corrected chi connectivity index (χ1v) is 8.00. The molecule has 1 aromatic rings. The molecule has 1 aliphatic heterocycles. The van der Waals surface area contributed by atoms with Crippen LogP contribution in [0.2, 0.25) is 0 Å². The number of nitrogens with zero attached hydrogens (tertiary/aromatic N) is 1. The van der Waals surface area contributed by atoms with Crippen LogP contribution in [0.15, 0.2) is 17.5 Å². The number of thiophene rings is 1. The third-order valence-corrected chi connectivity index (χ3v) is 4.49. The minimum Gasteiger partial charge on any atom is -0.444 e. The molecular weight excluding hydrogens is 272 g/mol. The first-order chi connectivity index (χ1) is 9.35. The topological polar surface area (TPSA) is 41.6 Å². The number of alkyl carbamates (subject to hydrolysis) is 1. The van der Waals surface area contributed by atoms with Crippen LogP contribution in [0.5, 0.6) is 0 Å². The van der Waals surface area contributed by atoms with E-state index in [0.29, 0.717) is 6.04 Å². The first kappa shape index (κ1) is 15.3. The lowest BCUT2D eigenvalue weighted by Gasteiger charge is -2.24. The van der Waals surface area contributed by atoms with Gasteiger partial charge in [-0.05, 0) is 45.6 Å². The summed E-state index contributed by atoms with van der Waals surface area (Å²) in [5.41, 5.74) is -0.438. The Bertz CT molecular complexity index is 439. The van der Waals surface area contributed by atoms with Crippen molar-refractivity contribution in [3.63, 3.8) is 0 Å². The van der Waals surface area contributed by atoms with Crippen molar-refractivity contribution in [1.29, 1.82) is 0 Å². The number of likely N-dealkylation sites (tertiary alicyclic amines) is 1. The standard InChI is InChI=1S/C15H24N2O2S/c1-11(13-6-5-9-20-13)17-8-7-12(10-17)16-14(18)19-15(2,3)4/h5-6,9,11-12H,7-8,10H2,1-4H3,(H,16,18)/t11?,12-/m1/s1. The van der Waals surface area contributed by atoms with Crippen LogP contribution in [0.1, 0.15) is 45.0 Å². The number of hydrogen-bond acceptors (Lipinski definition) is 4. The van der Waals surface area contributed by atoms with E-state index in [1.165, 1.54) is 4.88 Å². The van der Waals surface area contributed by atoms with Gasteiger partial charge in [0.25, 0.3) is 0 Å². The summed E-state index contributed by atoms with van der Waals surface area (Å²) in [6.45, 7) is 9.77. The quantitative estimate of drug-likeness (QED) is 0.929. The van der Waals surface area contributed by atoms with Crippen LogP contribution >= 0.6 is 11.3 Å². The number of carbonyl (C=O) groups is 1. The molecular formula is C15H24N2O2S. The summed E-state index contributed by atoms with van der Waals surface area (Å²) in [5.74, 6) is 0. The van der Waals surface area contributed by atoms with Crippen molar-refractivity contribution < 1.29 is 9.53 Å². The molecule has 2 rings (SSSR count). The molecule has 0 aromatic carbocycles. The van der Waals surface area contributed by atoms with Crippen LogP contribution in [0.25, 0.3) is 0 Å². The Balaban J connectivity index is 1.82. The Morgan fingerprint density at radius 1 is 1.55 bits per heavy atom. The summed E-state index contributed by atoms with van der Waals surface area (Å²) in [5, 5.41) is 5.08. The molecule has 1 N–H and O–H groups in total. The average Bonchev–Trinajstić information content (AvgIpc) is 2.95. The Labute approximate surface area is 125 Å². The van der Waals surface area contributed by atoms with E-state index in [2.05, 4.69) is 34.7 Å². The molecule has 1 aromatic heterocycles. The summed E-state index contributed by atoms with van der Waals surface area (Å²) in [4.78, 5) is 15.6. The molecule has 1 aliphatic rings. The highest BCUT2D eigenvalue weighted by Gasteiger charge is 2.29. The molecule has 1 fully saturated rings. The van der Waals surface area contributed by atoms with E-state index in [0.717, 1.165) is 19.5 Å². The number of hydrogen-bond donors (Lipinski definition) is 1. The number of nitrogens with one attached hydrogen (secondary N) is 1. The van der Waals surface area contributed by atoms with Gasteiger partial charge in [0, 0.05) is 30.1 Å². The molecule has 0 spiro atoms. The van der Waals surface area contributed by atoms with Crippen molar-refractivity contribution in [2.24, 2.45) is 0 Å². The van der Waals surface area contributed by atoms with Crippen molar-refractivity contribution in [1.82, 2.24) is 10.2 Å². The van der Waals surface area contributed by atoms with E-state index in [1.54, 1.807) is 11.3 Å². The minimum atomic E-state index is -0.438. The van der Waals surface area contributed by atoms with Gasteiger partial charge in [-0.25, -0.2) is 4.79 Å². The summed E-state index contributed by atoms with van der Waals surface area (Å²) < 4.78 is 5.30. The molecule has 20 heavy (non-hydrogen) atoms. The Kier molecular flexibility index (Phi) is 4.70. The van der Waals surface area contributed by atoms with Crippen LogP contribution < -0.4 is 5.32 Å². The van der Waals surface area contributed by atoms with Gasteiger partial charge in [-0.3, -0.25) is 4.90 Å². The van der Waals surface area contributed by atoms with Gasteiger partial charge in [-0.2, -0.15) is 0 Å². The molecule has 5 heteroatoms. The molecule has 0 bridgehead atoms. The molecule has 0 aliphatic carbocycles. The lowest BCUT2D eigenvalue weighted by Crippen LogP contribution is -2.40. The predicted octanol–water partition coefficient (Wildman–Crippen LogP) is 3.41. The van der Waals surface area contributed by atoms with Gasteiger partial charge in [0.2, 0.25) is 0 Å². The number of ether oxygens (including phenoxy) is 1. The second kappa shape index (κ2) is 6.14. The second-order valence-electron chi connectivity index (χ2n) is 6.32. The lowest BCUT2D eigenvalue weighted by molar-refractivity contribution is 0.0504. The van der Waals surface area contributed by atoms with Crippen molar-refractivity contribution >= 4 is 17.4 Å². The molecule has 112 valence electrons. The van der Waals surface area contributed by atoms with Crippen molar-refractivity contribution in [2.45, 2.75) is 51.8 Å². The van der Waals surface area contributed by atoms with E-state index < -0.39 is 5.60 Å². The molecule has 1 saturated heterocycles. The zero-order valence-electron chi connectivity index (χ0n) is 12.7. The summed E-state index contributed by atoms with van der Waals surface area (Å²) >= 11 is 1.79. The largest absolute Gasteiger partial charge is 0.444 e. The number of rotatable bonds is 3.